The molecule has 1 amide bonds. The average molecular weight is 591 g/mol. The van der Waals surface area contributed by atoms with Gasteiger partial charge in [-0.3, -0.25) is 9.10 Å². The molecule has 7 nitrogen and oxygen atoms in total. The van der Waals surface area contributed by atoms with Gasteiger partial charge >= 0.3 is 0 Å². The topological polar surface area (TPSA) is 88.1 Å². The third kappa shape index (κ3) is 7.29. The summed E-state index contributed by atoms with van der Waals surface area (Å²) in [6.45, 7) is 2.36. The van der Waals surface area contributed by atoms with Crippen LogP contribution in [0.25, 0.3) is 0 Å². The summed E-state index contributed by atoms with van der Waals surface area (Å²) < 4.78 is 34.2. The first-order valence-corrected chi connectivity index (χ1v) is 13.3. The molecule has 3 rings (SSSR count). The van der Waals surface area contributed by atoms with Crippen LogP contribution < -0.4 is 14.5 Å². The van der Waals surface area contributed by atoms with Crippen LogP contribution in [0.4, 0.5) is 5.69 Å². The van der Waals surface area contributed by atoms with E-state index in [9.17, 15) is 13.2 Å². The van der Waals surface area contributed by atoms with E-state index in [1.54, 1.807) is 42.5 Å². The number of unbranched alkanes of at least 4 members (excludes halogenated alkanes) is 1. The van der Waals surface area contributed by atoms with Gasteiger partial charge in [0.25, 0.3) is 15.9 Å². The van der Waals surface area contributed by atoms with Crippen molar-refractivity contribution in [3.63, 3.8) is 0 Å². The lowest BCUT2D eigenvalue weighted by atomic mass is 10.2. The summed E-state index contributed by atoms with van der Waals surface area (Å²) in [5.41, 5.74) is 3.58. The zero-order valence-electron chi connectivity index (χ0n) is 18.7. The number of anilines is 1. The molecule has 3 aromatic rings. The van der Waals surface area contributed by atoms with E-state index in [2.05, 4.69) is 40.0 Å². The van der Waals surface area contributed by atoms with Crippen LogP contribution in [0.1, 0.15) is 25.3 Å². The first-order chi connectivity index (χ1) is 16.4. The number of nitrogens with zero attached hydrogens (tertiary/aromatic N) is 2. The number of rotatable bonds is 11. The van der Waals surface area contributed by atoms with E-state index in [0.717, 1.165) is 32.0 Å². The zero-order chi connectivity index (χ0) is 24.4. The molecule has 0 unspecified atom stereocenters. The van der Waals surface area contributed by atoms with Crippen molar-refractivity contribution < 1.29 is 17.9 Å². The highest BCUT2D eigenvalue weighted by molar-refractivity contribution is 14.1. The average Bonchev–Trinajstić information content (AvgIpc) is 2.85. The van der Waals surface area contributed by atoms with Gasteiger partial charge in [-0.2, -0.15) is 5.10 Å². The Morgan fingerprint density at radius 2 is 1.71 bits per heavy atom. The number of amides is 1. The maximum atomic E-state index is 13.3. The number of nitrogens with one attached hydrogen (secondary N) is 1. The Kier molecular flexibility index (Phi) is 9.46. The molecule has 0 atom stereocenters. The van der Waals surface area contributed by atoms with Gasteiger partial charge in [-0.25, -0.2) is 13.8 Å². The summed E-state index contributed by atoms with van der Waals surface area (Å²) in [6, 6.07) is 22.3. The molecule has 0 saturated carbocycles. The van der Waals surface area contributed by atoms with Crippen molar-refractivity contribution in [3.05, 3.63) is 88.0 Å². The van der Waals surface area contributed by atoms with Gasteiger partial charge in [0, 0.05) is 3.57 Å². The van der Waals surface area contributed by atoms with E-state index in [0.29, 0.717) is 12.3 Å². The van der Waals surface area contributed by atoms with Gasteiger partial charge in [0.2, 0.25) is 0 Å². The van der Waals surface area contributed by atoms with Crippen molar-refractivity contribution in [3.8, 4) is 5.75 Å². The minimum Gasteiger partial charge on any atom is -0.494 e. The van der Waals surface area contributed by atoms with Gasteiger partial charge in [0.15, 0.2) is 0 Å². The Morgan fingerprint density at radius 3 is 2.35 bits per heavy atom. The molecule has 0 aliphatic rings. The Bertz CT molecular complexity index is 1200. The number of carbonyl (C=O) groups is 1. The van der Waals surface area contributed by atoms with E-state index in [1.807, 2.05) is 24.3 Å². The monoisotopic (exact) mass is 591 g/mol. The van der Waals surface area contributed by atoms with Gasteiger partial charge in [-0.05, 0) is 95.2 Å². The predicted octanol–water partition coefficient (Wildman–Crippen LogP) is 4.82. The van der Waals surface area contributed by atoms with E-state index in [1.165, 1.54) is 18.3 Å². The van der Waals surface area contributed by atoms with Gasteiger partial charge in [0.05, 0.1) is 23.4 Å². The van der Waals surface area contributed by atoms with Crippen LogP contribution in [0.15, 0.2) is 88.9 Å². The predicted molar refractivity (Wildman–Crippen MR) is 143 cm³/mol. The number of sulfonamides is 1. The van der Waals surface area contributed by atoms with Crippen molar-refractivity contribution >= 4 is 50.4 Å². The molecule has 0 aliphatic carbocycles. The fourth-order valence-corrected chi connectivity index (χ4v) is 4.77. The summed E-state index contributed by atoms with van der Waals surface area (Å²) in [6.07, 6.45) is 3.56. The summed E-state index contributed by atoms with van der Waals surface area (Å²) in [5.74, 6) is 0.211. The quantitative estimate of drug-likeness (QED) is 0.150. The van der Waals surface area contributed by atoms with E-state index >= 15 is 0 Å². The zero-order valence-corrected chi connectivity index (χ0v) is 21.7. The minimum atomic E-state index is -3.95. The molecule has 0 saturated heterocycles. The van der Waals surface area contributed by atoms with Crippen molar-refractivity contribution in [1.82, 2.24) is 5.43 Å². The fraction of sp³-hybridized carbons (Fsp3) is 0.200. The number of hydrogen-bond acceptors (Lipinski definition) is 5. The third-order valence-corrected chi connectivity index (χ3v) is 7.29. The highest BCUT2D eigenvalue weighted by Crippen LogP contribution is 2.24. The Labute approximate surface area is 214 Å². The van der Waals surface area contributed by atoms with Crippen LogP contribution >= 0.6 is 22.6 Å². The molecule has 3 aromatic carbocycles. The van der Waals surface area contributed by atoms with Gasteiger partial charge in [-0.15, -0.1) is 0 Å². The SMILES string of the molecule is CCCCOc1ccc(/C=N\NC(=O)CN(c2ccc(I)cc2)S(=O)(=O)c2ccccc2)cc1. The fourth-order valence-electron chi connectivity index (χ4n) is 2.97. The molecule has 0 fully saturated rings. The number of carbonyl (C=O) groups excluding carboxylic acids is 1. The molecular weight excluding hydrogens is 565 g/mol. The van der Waals surface area contributed by atoms with E-state index in [4.69, 9.17) is 4.74 Å². The highest BCUT2D eigenvalue weighted by Gasteiger charge is 2.27. The summed E-state index contributed by atoms with van der Waals surface area (Å²) in [5, 5.41) is 3.97. The molecule has 0 aliphatic heterocycles. The van der Waals surface area contributed by atoms with Crippen molar-refractivity contribution in [2.75, 3.05) is 17.5 Å². The number of benzene rings is 3. The number of ether oxygens (including phenoxy) is 1. The second kappa shape index (κ2) is 12.5. The number of hydrogen-bond donors (Lipinski definition) is 1. The lowest BCUT2D eigenvalue weighted by molar-refractivity contribution is -0.119. The second-order valence-electron chi connectivity index (χ2n) is 7.37. The van der Waals surface area contributed by atoms with Gasteiger partial charge in [-0.1, -0.05) is 31.5 Å². The molecule has 0 aromatic heterocycles. The second-order valence-corrected chi connectivity index (χ2v) is 10.5. The first-order valence-electron chi connectivity index (χ1n) is 10.8. The number of hydrazone groups is 1. The minimum absolute atomic E-state index is 0.103. The normalized spacial score (nSPS) is 11.4. The molecule has 0 heterocycles. The van der Waals surface area contributed by atoms with Crippen molar-refractivity contribution in [2.45, 2.75) is 24.7 Å². The van der Waals surface area contributed by atoms with Crippen LogP contribution in [0.3, 0.4) is 0 Å². The first kappa shape index (κ1) is 25.7. The van der Waals surface area contributed by atoms with E-state index < -0.39 is 22.5 Å². The Hall–Kier alpha value is -2.92. The maximum absolute atomic E-state index is 13.3. The van der Waals surface area contributed by atoms with Gasteiger partial charge in [0.1, 0.15) is 12.3 Å². The van der Waals surface area contributed by atoms with Crippen LogP contribution in [0.5, 0.6) is 5.75 Å². The third-order valence-electron chi connectivity index (χ3n) is 4.78. The lowest BCUT2D eigenvalue weighted by Gasteiger charge is -2.23. The van der Waals surface area contributed by atoms with E-state index in [-0.39, 0.29) is 4.90 Å². The standard InChI is InChI=1S/C25H26IN3O4S/c1-2-3-17-33-23-15-9-20(10-16-23)18-27-28-25(30)19-29(22-13-11-21(26)12-14-22)34(31,32)24-7-5-4-6-8-24/h4-16,18H,2-3,17,19H2,1H3,(H,28,30)/b27-18-. The molecule has 0 spiro atoms. The summed E-state index contributed by atoms with van der Waals surface area (Å²) >= 11 is 2.14. The largest absolute Gasteiger partial charge is 0.494 e. The smallest absolute Gasteiger partial charge is 0.264 e. The molecule has 0 radical (unpaired) electrons. The summed E-state index contributed by atoms with van der Waals surface area (Å²) in [7, 11) is -3.95. The van der Waals surface area contributed by atoms with Crippen LogP contribution in [0.2, 0.25) is 0 Å². The molecule has 9 heteroatoms. The maximum Gasteiger partial charge on any atom is 0.264 e. The van der Waals surface area contributed by atoms with Crippen LogP contribution in [-0.4, -0.2) is 33.7 Å². The Balaban J connectivity index is 1.69. The summed E-state index contributed by atoms with van der Waals surface area (Å²) in [4.78, 5) is 12.7. The molecule has 178 valence electrons. The molecular formula is C25H26IN3O4S. The van der Waals surface area contributed by atoms with Gasteiger partial charge < -0.3 is 4.74 Å². The van der Waals surface area contributed by atoms with Crippen LogP contribution in [0, 0.1) is 3.57 Å². The highest BCUT2D eigenvalue weighted by atomic mass is 127. The molecule has 1 N–H and O–H groups in total. The Morgan fingerprint density at radius 1 is 1.03 bits per heavy atom. The van der Waals surface area contributed by atoms with Crippen LogP contribution in [-0.2, 0) is 14.8 Å². The van der Waals surface area contributed by atoms with Crippen molar-refractivity contribution in [2.24, 2.45) is 5.10 Å². The molecule has 0 bridgehead atoms. The molecule has 34 heavy (non-hydrogen) atoms. The number of halogens is 1. The lowest BCUT2D eigenvalue weighted by Crippen LogP contribution is -2.39. The van der Waals surface area contributed by atoms with Crippen molar-refractivity contribution in [1.29, 1.82) is 0 Å².